The van der Waals surface area contributed by atoms with E-state index in [-0.39, 0.29) is 53.6 Å². The highest BCUT2D eigenvalue weighted by Gasteiger charge is 2.26. The number of Topliss-reactive ketones (excluding diaryl/α,β-unsaturated/α-hetero) is 3. The normalized spacial score (nSPS) is 12.2. The van der Waals surface area contributed by atoms with Crippen molar-refractivity contribution in [3.8, 4) is 51.4 Å². The minimum atomic E-state index is -0.381. The number of aromatic nitrogens is 12. The lowest BCUT2D eigenvalue weighted by molar-refractivity contribution is 0.0980. The molecule has 2 fully saturated rings. The number of nitrogens with one attached hydrogen (secondary N) is 9. The number of aryl methyl sites for hydroxylation is 3. The van der Waals surface area contributed by atoms with Crippen molar-refractivity contribution in [2.45, 2.75) is 104 Å². The Morgan fingerprint density at radius 1 is 0.454 bits per heavy atom. The van der Waals surface area contributed by atoms with E-state index in [1.807, 2.05) is 68.4 Å². The summed E-state index contributed by atoms with van der Waals surface area (Å²) in [5.74, 6) is 3.89. The van der Waals surface area contributed by atoms with Gasteiger partial charge in [0.15, 0.2) is 52.1 Å². The molecule has 3 aromatic carbocycles. The summed E-state index contributed by atoms with van der Waals surface area (Å²) in [5, 5.41) is 39.5. The Balaban J connectivity index is 0.000000171. The van der Waals surface area contributed by atoms with Gasteiger partial charge in [0, 0.05) is 95.3 Å². The fraction of sp³-hybridized carbons (Fsp3) is 0.328. The zero-order valence-electron chi connectivity index (χ0n) is 55.8. The van der Waals surface area contributed by atoms with Gasteiger partial charge in [-0.2, -0.15) is 15.3 Å². The number of amides is 6. The number of methoxy groups -OCH3 is 3. The predicted octanol–water partition coefficient (Wildman–Crippen LogP) is 11.2. The third-order valence-electron chi connectivity index (χ3n) is 15.1. The highest BCUT2D eigenvalue weighted by molar-refractivity contribution is 6.05. The first kappa shape index (κ1) is 69.5. The van der Waals surface area contributed by atoms with Crippen molar-refractivity contribution in [1.82, 2.24) is 75.2 Å². The Hall–Kier alpha value is -11.9. The van der Waals surface area contributed by atoms with Gasteiger partial charge in [-0.05, 0) is 82.3 Å². The molecule has 506 valence electrons. The van der Waals surface area contributed by atoms with Gasteiger partial charge in [0.1, 0.15) is 36.4 Å². The molecule has 0 unspecified atom stereocenters. The molecule has 0 aliphatic heterocycles. The fourth-order valence-electron chi connectivity index (χ4n) is 9.91. The molecule has 6 aromatic heterocycles. The van der Waals surface area contributed by atoms with Crippen molar-refractivity contribution in [2.75, 3.05) is 53.2 Å². The second-order valence-electron chi connectivity index (χ2n) is 22.8. The van der Waals surface area contributed by atoms with Crippen LogP contribution in [-0.2, 0) is 21.1 Å². The molecule has 0 bridgehead atoms. The zero-order chi connectivity index (χ0) is 69.3. The molecule has 6 heterocycles. The van der Waals surface area contributed by atoms with E-state index < -0.39 is 0 Å². The smallest absolute Gasteiger partial charge is 0.320 e. The molecular formula is C67H79N21O9. The van der Waals surface area contributed by atoms with Crippen LogP contribution >= 0.6 is 0 Å². The van der Waals surface area contributed by atoms with Crippen molar-refractivity contribution < 1.29 is 43.0 Å². The Morgan fingerprint density at radius 2 is 0.773 bits per heavy atom. The summed E-state index contributed by atoms with van der Waals surface area (Å²) >= 11 is 0. The fourth-order valence-corrected chi connectivity index (χ4v) is 9.91. The molecule has 2 saturated carbocycles. The number of rotatable bonds is 24. The van der Waals surface area contributed by atoms with Crippen LogP contribution in [0, 0.1) is 0 Å². The third-order valence-corrected chi connectivity index (χ3v) is 15.1. The Kier molecular flexibility index (Phi) is 23.2. The average Bonchev–Trinajstić information content (AvgIpc) is 1.76. The number of nitrogens with zero attached hydrogens (tertiary/aromatic N) is 12. The molecule has 2 aliphatic carbocycles. The van der Waals surface area contributed by atoms with Gasteiger partial charge in [-0.25, -0.2) is 44.3 Å². The first-order valence-electron chi connectivity index (χ1n) is 31.5. The van der Waals surface area contributed by atoms with Crippen molar-refractivity contribution in [3.05, 3.63) is 127 Å². The SMILES string of the molecule is CCC(=O)c1cnc(NC(=O)NC(C)C)cc1Nc1cccc(-c2ncn(C)n2)c1OC.CCC(=O)c1cnc(NC(=O)NC2CC2)cc1Nc1cccc(-c2ncn(C)n2)c1OC.CCC(=O)c1cnc(NC(=O)NC2CCC2)cc1Nc1cccc(-c2ncn(C)n2)c1OC. The van der Waals surface area contributed by atoms with Gasteiger partial charge in [-0.1, -0.05) is 39.0 Å². The van der Waals surface area contributed by atoms with Crippen LogP contribution in [-0.4, -0.2) is 134 Å². The lowest BCUT2D eigenvalue weighted by Crippen LogP contribution is -2.42. The molecule has 0 atom stereocenters. The summed E-state index contributed by atoms with van der Waals surface area (Å²) in [7, 11) is 10.1. The second-order valence-corrected chi connectivity index (χ2v) is 22.8. The first-order chi connectivity index (χ1) is 46.8. The number of hydrogen-bond donors (Lipinski definition) is 9. The summed E-state index contributed by atoms with van der Waals surface area (Å²) in [4.78, 5) is 99.7. The monoisotopic (exact) mass is 1320 g/mol. The summed E-state index contributed by atoms with van der Waals surface area (Å²) < 4.78 is 21.8. The van der Waals surface area contributed by atoms with E-state index in [1.54, 1.807) is 114 Å². The summed E-state index contributed by atoms with van der Waals surface area (Å²) in [5.41, 5.74) is 6.76. The molecule has 6 amide bonds. The Labute approximate surface area is 560 Å². The molecule has 9 N–H and O–H groups in total. The average molecular weight is 1320 g/mol. The van der Waals surface area contributed by atoms with Crippen molar-refractivity contribution in [3.63, 3.8) is 0 Å². The number of ketones is 3. The van der Waals surface area contributed by atoms with Crippen LogP contribution in [0.3, 0.4) is 0 Å². The summed E-state index contributed by atoms with van der Waals surface area (Å²) in [6.45, 7) is 9.08. The highest BCUT2D eigenvalue weighted by atomic mass is 16.5. The summed E-state index contributed by atoms with van der Waals surface area (Å²) in [6, 6.07) is 20.9. The number of urea groups is 3. The largest absolute Gasteiger partial charge is 0.494 e. The van der Waals surface area contributed by atoms with Crippen LogP contribution in [0.1, 0.15) is 117 Å². The van der Waals surface area contributed by atoms with Crippen LogP contribution < -0.4 is 62.1 Å². The topological polar surface area (TPSA) is 369 Å². The van der Waals surface area contributed by atoms with E-state index >= 15 is 0 Å². The van der Waals surface area contributed by atoms with Crippen molar-refractivity contribution >= 4 is 87.0 Å². The van der Waals surface area contributed by atoms with Gasteiger partial charge in [0.25, 0.3) is 0 Å². The van der Waals surface area contributed by atoms with Gasteiger partial charge in [0.05, 0.1) is 88.8 Å². The summed E-state index contributed by atoms with van der Waals surface area (Å²) in [6.07, 6.45) is 15.2. The number of anilines is 9. The number of pyridine rings is 3. The molecule has 97 heavy (non-hydrogen) atoms. The van der Waals surface area contributed by atoms with E-state index in [4.69, 9.17) is 14.2 Å². The Bertz CT molecular complexity index is 4140. The number of carbonyl (C=O) groups excluding carboxylic acids is 6. The standard InChI is InChI=1S/C23H27N7O3.C22H25N7O3.C22H27N7O3/c1-4-19(31)16-12-24-20(28-23(32)26-14-7-5-8-14)11-18(16)27-17-10-6-9-15(21(17)33-3)22-25-13-30(2)29-22;1-4-18(30)15-11-23-19(27-22(31)25-13-8-9-13)10-17(15)26-16-7-5-6-14(20(16)32-3)21-24-12-29(2)28-21;1-6-18(30)15-11-23-19(27-22(31)25-13(2)3)10-17(15)26-16-9-7-8-14(20(16)32-5)21-24-12-29(4)28-21/h6,9-14H,4-5,7-8H2,1-3H3,(H3,24,26,27,28,32);5-7,10-13H,4,8-9H2,1-3H3,(H3,23,25,26,27,31);7-13H,6H2,1-5H3,(H3,23,25,26,27,31). The van der Waals surface area contributed by atoms with E-state index in [0.29, 0.717) is 139 Å². The van der Waals surface area contributed by atoms with E-state index in [2.05, 4.69) is 93.1 Å². The molecule has 0 saturated heterocycles. The van der Waals surface area contributed by atoms with E-state index in [1.165, 1.54) is 18.6 Å². The maximum absolute atomic E-state index is 12.6. The minimum Gasteiger partial charge on any atom is -0.494 e. The lowest BCUT2D eigenvalue weighted by Gasteiger charge is -2.26. The minimum absolute atomic E-state index is 0.0271. The number of hydrogen-bond acceptors (Lipinski definition) is 21. The number of carbonyl (C=O) groups is 6. The molecule has 30 heteroatoms. The van der Waals surface area contributed by atoms with Gasteiger partial charge in [-0.15, -0.1) is 0 Å². The van der Waals surface area contributed by atoms with Crippen LogP contribution in [0.15, 0.2) is 110 Å². The van der Waals surface area contributed by atoms with Gasteiger partial charge >= 0.3 is 18.1 Å². The quantitative estimate of drug-likeness (QED) is 0.0254. The molecule has 30 nitrogen and oxygen atoms in total. The van der Waals surface area contributed by atoms with E-state index in [0.717, 1.165) is 32.1 Å². The lowest BCUT2D eigenvalue weighted by atomic mass is 9.93. The molecule has 0 radical (unpaired) electrons. The van der Waals surface area contributed by atoms with Crippen LogP contribution in [0.2, 0.25) is 0 Å². The molecule has 9 aromatic rings. The van der Waals surface area contributed by atoms with Gasteiger partial charge in [0.2, 0.25) is 0 Å². The zero-order valence-corrected chi connectivity index (χ0v) is 55.8. The molecule has 11 rings (SSSR count). The number of benzene rings is 3. The number of para-hydroxylation sites is 3. The predicted molar refractivity (Wildman–Crippen MR) is 368 cm³/mol. The van der Waals surface area contributed by atoms with Gasteiger partial charge < -0.3 is 46.1 Å². The first-order valence-corrected chi connectivity index (χ1v) is 31.5. The Morgan fingerprint density at radius 3 is 1.03 bits per heavy atom. The second kappa shape index (κ2) is 32.3. The van der Waals surface area contributed by atoms with Crippen LogP contribution in [0.4, 0.5) is 66.0 Å². The molecule has 2 aliphatic rings. The third kappa shape index (κ3) is 18.1. The van der Waals surface area contributed by atoms with E-state index in [9.17, 15) is 28.8 Å². The van der Waals surface area contributed by atoms with Gasteiger partial charge in [-0.3, -0.25) is 44.4 Å². The van der Waals surface area contributed by atoms with Crippen LogP contribution in [0.5, 0.6) is 17.2 Å². The maximum Gasteiger partial charge on any atom is 0.320 e. The number of ether oxygens (including phenoxy) is 3. The molecule has 0 spiro atoms. The van der Waals surface area contributed by atoms with Crippen molar-refractivity contribution in [2.24, 2.45) is 21.1 Å². The van der Waals surface area contributed by atoms with Crippen molar-refractivity contribution in [1.29, 1.82) is 0 Å². The molecular weight excluding hydrogens is 1240 g/mol. The van der Waals surface area contributed by atoms with Crippen LogP contribution in [0.25, 0.3) is 34.2 Å². The highest BCUT2D eigenvalue weighted by Crippen LogP contribution is 2.41. The maximum atomic E-state index is 12.6.